The number of carbonyl (C=O) groups excluding carboxylic acids is 1. The summed E-state index contributed by atoms with van der Waals surface area (Å²) in [6, 6.07) is 10.1. The second kappa shape index (κ2) is 5.38. The fraction of sp³-hybridized carbons (Fsp3) is 0.474. The van der Waals surface area contributed by atoms with Crippen LogP contribution in [0.4, 0.5) is 0 Å². The van der Waals surface area contributed by atoms with Crippen LogP contribution in [0.15, 0.2) is 47.5 Å². The van der Waals surface area contributed by atoms with Gasteiger partial charge in [-0.3, -0.25) is 4.99 Å². The third kappa shape index (κ3) is 2.49. The van der Waals surface area contributed by atoms with Gasteiger partial charge in [0.15, 0.2) is 5.54 Å². The van der Waals surface area contributed by atoms with Crippen LogP contribution in [0.25, 0.3) is 0 Å². The van der Waals surface area contributed by atoms with Gasteiger partial charge in [0, 0.05) is 5.92 Å². The minimum Gasteiger partial charge on any atom is -0.454 e. The van der Waals surface area contributed by atoms with Gasteiger partial charge in [0.2, 0.25) is 0 Å². The van der Waals surface area contributed by atoms with E-state index in [0.717, 1.165) is 29.7 Å². The van der Waals surface area contributed by atoms with Gasteiger partial charge in [-0.25, -0.2) is 4.79 Å². The number of benzene rings is 1. The van der Waals surface area contributed by atoms with Crippen molar-refractivity contribution < 1.29 is 9.53 Å². The van der Waals surface area contributed by atoms with Gasteiger partial charge in [0.05, 0.1) is 5.71 Å². The lowest BCUT2D eigenvalue weighted by Crippen LogP contribution is -2.44. The van der Waals surface area contributed by atoms with Crippen molar-refractivity contribution in [3.8, 4) is 0 Å². The molecule has 3 atom stereocenters. The van der Waals surface area contributed by atoms with Gasteiger partial charge in [-0.1, -0.05) is 49.8 Å². The minimum atomic E-state index is -0.657. The Labute approximate surface area is 132 Å². The number of aliphatic imine (C=N–C) groups is 1. The molecule has 0 N–H and O–H groups in total. The number of ether oxygens (including phenoxy) is 1. The van der Waals surface area contributed by atoms with E-state index in [1.807, 2.05) is 37.3 Å². The molecule has 2 aliphatic rings. The molecule has 0 bridgehead atoms. The summed E-state index contributed by atoms with van der Waals surface area (Å²) < 4.78 is 5.80. The SMILES string of the molecule is C=C(C)C[C@@H]1C[C@]12N=C(c1ccccc1)[C@H](C(C)C)OC2=O. The van der Waals surface area contributed by atoms with Crippen molar-refractivity contribution >= 4 is 11.7 Å². The van der Waals surface area contributed by atoms with Crippen LogP contribution in [0.5, 0.6) is 0 Å². The zero-order valence-corrected chi connectivity index (χ0v) is 13.5. The first-order valence-corrected chi connectivity index (χ1v) is 7.94. The average molecular weight is 297 g/mol. The Morgan fingerprint density at radius 2 is 2.09 bits per heavy atom. The second-order valence-electron chi connectivity index (χ2n) is 6.92. The highest BCUT2D eigenvalue weighted by Crippen LogP contribution is 2.53. The van der Waals surface area contributed by atoms with E-state index in [9.17, 15) is 4.79 Å². The van der Waals surface area contributed by atoms with Crippen LogP contribution >= 0.6 is 0 Å². The Morgan fingerprint density at radius 1 is 1.41 bits per heavy atom. The van der Waals surface area contributed by atoms with Gasteiger partial charge in [0.25, 0.3) is 0 Å². The molecule has 1 aliphatic heterocycles. The zero-order chi connectivity index (χ0) is 15.9. The molecule has 1 heterocycles. The quantitative estimate of drug-likeness (QED) is 0.626. The fourth-order valence-electron chi connectivity index (χ4n) is 3.25. The molecule has 0 saturated heterocycles. The van der Waals surface area contributed by atoms with Crippen LogP contribution < -0.4 is 0 Å². The predicted molar refractivity (Wildman–Crippen MR) is 88.0 cm³/mol. The summed E-state index contributed by atoms with van der Waals surface area (Å²) in [4.78, 5) is 17.4. The lowest BCUT2D eigenvalue weighted by atomic mass is 9.94. The molecular weight excluding hydrogens is 274 g/mol. The molecule has 3 heteroatoms. The first kappa shape index (κ1) is 15.0. The summed E-state index contributed by atoms with van der Waals surface area (Å²) in [7, 11) is 0. The third-order valence-corrected chi connectivity index (χ3v) is 4.52. The number of hydrogen-bond donors (Lipinski definition) is 0. The predicted octanol–water partition coefficient (Wildman–Crippen LogP) is 3.78. The Bertz CT molecular complexity index is 632. The highest BCUT2D eigenvalue weighted by Gasteiger charge is 2.64. The topological polar surface area (TPSA) is 38.7 Å². The number of hydrogen-bond acceptors (Lipinski definition) is 3. The molecule has 0 amide bonds. The number of allylic oxidation sites excluding steroid dienone is 1. The Hall–Kier alpha value is -1.90. The van der Waals surface area contributed by atoms with Crippen LogP contribution in [0.1, 0.15) is 39.2 Å². The maximum absolute atomic E-state index is 12.5. The third-order valence-electron chi connectivity index (χ3n) is 4.52. The van der Waals surface area contributed by atoms with Crippen molar-refractivity contribution in [2.24, 2.45) is 16.8 Å². The molecule has 1 spiro atoms. The van der Waals surface area contributed by atoms with E-state index in [-0.39, 0.29) is 23.9 Å². The standard InChI is InChI=1S/C19H23NO2/c1-12(2)10-15-11-19(15)18(21)22-17(13(3)4)16(20-19)14-8-6-5-7-9-14/h5-9,13,15,17H,1,10-11H2,2-4H3/t15-,17+,19+/m1/s1. The van der Waals surface area contributed by atoms with E-state index in [1.54, 1.807) is 0 Å². The van der Waals surface area contributed by atoms with E-state index < -0.39 is 5.54 Å². The molecule has 1 aromatic carbocycles. The summed E-state index contributed by atoms with van der Waals surface area (Å²) in [6.07, 6.45) is 1.36. The minimum absolute atomic E-state index is 0.155. The Morgan fingerprint density at radius 3 is 2.68 bits per heavy atom. The molecule has 1 aliphatic carbocycles. The van der Waals surface area contributed by atoms with Crippen LogP contribution in [-0.2, 0) is 9.53 Å². The van der Waals surface area contributed by atoms with E-state index in [4.69, 9.17) is 9.73 Å². The molecule has 0 aromatic heterocycles. The molecule has 1 saturated carbocycles. The highest BCUT2D eigenvalue weighted by atomic mass is 16.5. The molecule has 0 radical (unpaired) electrons. The van der Waals surface area contributed by atoms with Crippen molar-refractivity contribution in [3.05, 3.63) is 48.0 Å². The summed E-state index contributed by atoms with van der Waals surface area (Å²) in [5.41, 5.74) is 2.40. The smallest absolute Gasteiger partial charge is 0.335 e. The summed E-state index contributed by atoms with van der Waals surface area (Å²) in [5.74, 6) is 0.292. The van der Waals surface area contributed by atoms with Crippen LogP contribution in [-0.4, -0.2) is 23.3 Å². The summed E-state index contributed by atoms with van der Waals surface area (Å²) >= 11 is 0. The maximum Gasteiger partial charge on any atom is 0.335 e. The van der Waals surface area contributed by atoms with Crippen LogP contribution in [0.2, 0.25) is 0 Å². The number of nitrogens with zero attached hydrogens (tertiary/aromatic N) is 1. The average Bonchev–Trinajstić information content (AvgIpc) is 3.15. The number of cyclic esters (lactones) is 1. The molecule has 3 rings (SSSR count). The molecule has 1 aromatic rings. The van der Waals surface area contributed by atoms with E-state index in [2.05, 4.69) is 20.4 Å². The Kier molecular flexibility index (Phi) is 3.67. The fourth-order valence-corrected chi connectivity index (χ4v) is 3.25. The maximum atomic E-state index is 12.5. The van der Waals surface area contributed by atoms with Crippen molar-refractivity contribution in [3.63, 3.8) is 0 Å². The molecule has 0 unspecified atom stereocenters. The van der Waals surface area contributed by atoms with Gasteiger partial charge in [-0.15, -0.1) is 6.58 Å². The van der Waals surface area contributed by atoms with E-state index >= 15 is 0 Å². The largest absolute Gasteiger partial charge is 0.454 e. The van der Waals surface area contributed by atoms with Crippen LogP contribution in [0.3, 0.4) is 0 Å². The van der Waals surface area contributed by atoms with E-state index in [0.29, 0.717) is 0 Å². The monoisotopic (exact) mass is 297 g/mol. The normalized spacial score (nSPS) is 30.2. The van der Waals surface area contributed by atoms with E-state index in [1.165, 1.54) is 0 Å². The number of carbonyl (C=O) groups is 1. The van der Waals surface area contributed by atoms with Crippen molar-refractivity contribution in [2.75, 3.05) is 0 Å². The molecular formula is C19H23NO2. The lowest BCUT2D eigenvalue weighted by molar-refractivity contribution is -0.152. The lowest BCUT2D eigenvalue weighted by Gasteiger charge is -2.31. The van der Waals surface area contributed by atoms with Crippen molar-refractivity contribution in [1.29, 1.82) is 0 Å². The summed E-state index contributed by atoms with van der Waals surface area (Å²) in [6.45, 7) is 10.1. The van der Waals surface area contributed by atoms with Gasteiger partial charge in [-0.2, -0.15) is 0 Å². The number of esters is 1. The van der Waals surface area contributed by atoms with Crippen molar-refractivity contribution in [2.45, 2.75) is 45.3 Å². The molecule has 22 heavy (non-hydrogen) atoms. The zero-order valence-electron chi connectivity index (χ0n) is 13.5. The first-order valence-electron chi connectivity index (χ1n) is 7.94. The van der Waals surface area contributed by atoms with Gasteiger partial charge >= 0.3 is 5.97 Å². The molecule has 116 valence electrons. The van der Waals surface area contributed by atoms with Crippen molar-refractivity contribution in [1.82, 2.24) is 0 Å². The first-order chi connectivity index (χ1) is 10.4. The molecule has 1 fully saturated rings. The van der Waals surface area contributed by atoms with Crippen LogP contribution in [0, 0.1) is 11.8 Å². The number of rotatable bonds is 4. The van der Waals surface area contributed by atoms with Gasteiger partial charge < -0.3 is 4.74 Å². The summed E-state index contributed by atoms with van der Waals surface area (Å²) in [5, 5.41) is 0. The van der Waals surface area contributed by atoms with Gasteiger partial charge in [0.1, 0.15) is 6.10 Å². The molecule has 3 nitrogen and oxygen atoms in total. The van der Waals surface area contributed by atoms with Gasteiger partial charge in [-0.05, 0) is 31.2 Å². The highest BCUT2D eigenvalue weighted by molar-refractivity contribution is 6.09. The Balaban J connectivity index is 1.99. The second-order valence-corrected chi connectivity index (χ2v) is 6.92.